The Bertz CT molecular complexity index is 630. The van der Waals surface area contributed by atoms with Gasteiger partial charge < -0.3 is 10.5 Å². The van der Waals surface area contributed by atoms with Crippen molar-refractivity contribution in [3.8, 4) is 11.5 Å². The van der Waals surface area contributed by atoms with E-state index in [4.69, 9.17) is 10.5 Å². The third-order valence-corrected chi connectivity index (χ3v) is 4.01. The number of aryl methyl sites for hydroxylation is 1. The number of hydrogen-bond acceptors (Lipinski definition) is 2. The van der Waals surface area contributed by atoms with E-state index in [0.717, 1.165) is 28.4 Å². The number of ether oxygens (including phenoxy) is 1. The number of nitrogens with two attached hydrogens (primary N) is 1. The fourth-order valence-electron chi connectivity index (χ4n) is 2.00. The second-order valence-corrected chi connectivity index (χ2v) is 6.00. The van der Waals surface area contributed by atoms with Crippen LogP contribution in [0.25, 0.3) is 0 Å². The number of rotatable bonds is 5. The highest BCUT2D eigenvalue weighted by Crippen LogP contribution is 2.32. The molecule has 2 rings (SSSR count). The van der Waals surface area contributed by atoms with Crippen molar-refractivity contribution in [3.63, 3.8) is 0 Å². The van der Waals surface area contributed by atoms with Crippen molar-refractivity contribution in [1.29, 1.82) is 0 Å². The van der Waals surface area contributed by atoms with Gasteiger partial charge in [-0.1, -0.05) is 19.1 Å². The summed E-state index contributed by atoms with van der Waals surface area (Å²) in [6.45, 7) is 3.96. The van der Waals surface area contributed by atoms with Gasteiger partial charge in [-0.25, -0.2) is 4.39 Å². The van der Waals surface area contributed by atoms with Gasteiger partial charge in [0.25, 0.3) is 0 Å². The zero-order valence-corrected chi connectivity index (χ0v) is 13.8. The Morgan fingerprint density at radius 3 is 2.62 bits per heavy atom. The zero-order chi connectivity index (χ0) is 15.4. The molecule has 4 heteroatoms. The SMILES string of the molecule is CCC(N)Cc1ccc(Oc2cc(F)ccc2C)c(Br)c1. The molecule has 21 heavy (non-hydrogen) atoms. The third kappa shape index (κ3) is 4.29. The normalized spacial score (nSPS) is 12.2. The van der Waals surface area contributed by atoms with Crippen molar-refractivity contribution in [2.45, 2.75) is 32.7 Å². The summed E-state index contributed by atoms with van der Waals surface area (Å²) in [6, 6.07) is 10.5. The van der Waals surface area contributed by atoms with Crippen LogP contribution >= 0.6 is 15.9 Å². The summed E-state index contributed by atoms with van der Waals surface area (Å²) in [5.74, 6) is 0.878. The number of benzene rings is 2. The van der Waals surface area contributed by atoms with Crippen molar-refractivity contribution in [2.24, 2.45) is 5.73 Å². The van der Waals surface area contributed by atoms with E-state index in [9.17, 15) is 4.39 Å². The van der Waals surface area contributed by atoms with E-state index in [-0.39, 0.29) is 11.9 Å². The fourth-order valence-corrected chi connectivity index (χ4v) is 2.51. The lowest BCUT2D eigenvalue weighted by Gasteiger charge is -2.13. The van der Waals surface area contributed by atoms with E-state index in [2.05, 4.69) is 22.9 Å². The maximum atomic E-state index is 13.3. The minimum atomic E-state index is -0.308. The minimum absolute atomic E-state index is 0.161. The first kappa shape index (κ1) is 16.0. The van der Waals surface area contributed by atoms with Crippen LogP contribution in [0, 0.1) is 12.7 Å². The summed E-state index contributed by atoms with van der Waals surface area (Å²) in [4.78, 5) is 0. The van der Waals surface area contributed by atoms with E-state index in [1.165, 1.54) is 12.1 Å². The molecule has 2 nitrogen and oxygen atoms in total. The lowest BCUT2D eigenvalue weighted by Crippen LogP contribution is -2.21. The van der Waals surface area contributed by atoms with Crippen LogP contribution < -0.4 is 10.5 Å². The van der Waals surface area contributed by atoms with Crippen LogP contribution in [-0.2, 0) is 6.42 Å². The predicted octanol–water partition coefficient (Wildman–Crippen LogP) is 4.97. The first-order chi connectivity index (χ1) is 9.99. The summed E-state index contributed by atoms with van der Waals surface area (Å²) >= 11 is 3.50. The van der Waals surface area contributed by atoms with Gasteiger partial charge >= 0.3 is 0 Å². The summed E-state index contributed by atoms with van der Waals surface area (Å²) in [7, 11) is 0. The minimum Gasteiger partial charge on any atom is -0.456 e. The van der Waals surface area contributed by atoms with Gasteiger partial charge in [-0.3, -0.25) is 0 Å². The summed E-state index contributed by atoms with van der Waals surface area (Å²) in [5, 5.41) is 0. The molecule has 0 fully saturated rings. The molecule has 0 bridgehead atoms. The highest BCUT2D eigenvalue weighted by molar-refractivity contribution is 9.10. The van der Waals surface area contributed by atoms with Gasteiger partial charge in [0, 0.05) is 12.1 Å². The lowest BCUT2D eigenvalue weighted by molar-refractivity contribution is 0.469. The largest absolute Gasteiger partial charge is 0.456 e. The van der Waals surface area contributed by atoms with Crippen molar-refractivity contribution >= 4 is 15.9 Å². The van der Waals surface area contributed by atoms with Crippen LogP contribution in [0.3, 0.4) is 0 Å². The molecule has 0 aromatic heterocycles. The molecule has 0 saturated carbocycles. The Morgan fingerprint density at radius 2 is 1.95 bits per heavy atom. The molecule has 112 valence electrons. The van der Waals surface area contributed by atoms with Crippen LogP contribution in [-0.4, -0.2) is 6.04 Å². The molecule has 1 unspecified atom stereocenters. The van der Waals surface area contributed by atoms with Gasteiger partial charge in [-0.2, -0.15) is 0 Å². The second kappa shape index (κ2) is 7.05. The smallest absolute Gasteiger partial charge is 0.141 e. The Balaban J connectivity index is 2.19. The van der Waals surface area contributed by atoms with Crippen molar-refractivity contribution < 1.29 is 9.13 Å². The van der Waals surface area contributed by atoms with Gasteiger partial charge in [0.1, 0.15) is 17.3 Å². The summed E-state index contributed by atoms with van der Waals surface area (Å²) in [5.41, 5.74) is 8.01. The number of hydrogen-bond donors (Lipinski definition) is 1. The summed E-state index contributed by atoms with van der Waals surface area (Å²) in [6.07, 6.45) is 1.77. The van der Waals surface area contributed by atoms with Gasteiger partial charge in [-0.05, 0) is 65.0 Å². The molecular weight excluding hydrogens is 333 g/mol. The monoisotopic (exact) mass is 351 g/mol. The second-order valence-electron chi connectivity index (χ2n) is 5.15. The molecule has 0 amide bonds. The van der Waals surface area contributed by atoms with Crippen molar-refractivity contribution in [1.82, 2.24) is 0 Å². The fraction of sp³-hybridized carbons (Fsp3) is 0.294. The first-order valence-corrected chi connectivity index (χ1v) is 7.77. The molecule has 0 heterocycles. The summed E-state index contributed by atoms with van der Waals surface area (Å²) < 4.78 is 19.9. The zero-order valence-electron chi connectivity index (χ0n) is 12.2. The molecule has 0 spiro atoms. The molecule has 0 aliphatic carbocycles. The van der Waals surface area contributed by atoms with Crippen LogP contribution in [0.15, 0.2) is 40.9 Å². The predicted molar refractivity (Wildman–Crippen MR) is 87.3 cm³/mol. The molecular formula is C17H19BrFNO. The topological polar surface area (TPSA) is 35.2 Å². The van der Waals surface area contributed by atoms with E-state index in [1.807, 2.05) is 25.1 Å². The molecule has 1 atom stereocenters. The Kier molecular flexibility index (Phi) is 5.37. The molecule has 2 N–H and O–H groups in total. The molecule has 0 aliphatic heterocycles. The lowest BCUT2D eigenvalue weighted by atomic mass is 10.0. The highest BCUT2D eigenvalue weighted by Gasteiger charge is 2.09. The molecule has 0 radical (unpaired) electrons. The Hall–Kier alpha value is -1.39. The highest BCUT2D eigenvalue weighted by atomic mass is 79.9. The van der Waals surface area contributed by atoms with E-state index >= 15 is 0 Å². The average molecular weight is 352 g/mol. The number of halogens is 2. The average Bonchev–Trinajstić information content (AvgIpc) is 2.45. The van der Waals surface area contributed by atoms with Gasteiger partial charge in [-0.15, -0.1) is 0 Å². The quantitative estimate of drug-likeness (QED) is 0.825. The van der Waals surface area contributed by atoms with Gasteiger partial charge in [0.15, 0.2) is 0 Å². The molecule has 2 aromatic rings. The maximum absolute atomic E-state index is 13.3. The third-order valence-electron chi connectivity index (χ3n) is 3.39. The first-order valence-electron chi connectivity index (χ1n) is 6.97. The Labute approximate surface area is 133 Å². The van der Waals surface area contributed by atoms with Gasteiger partial charge in [0.05, 0.1) is 4.47 Å². The van der Waals surface area contributed by atoms with E-state index in [0.29, 0.717) is 11.5 Å². The standard InChI is InChI=1S/C17H19BrFNO/c1-3-14(20)8-12-5-7-16(15(18)9-12)21-17-10-13(19)6-4-11(17)2/h4-7,9-10,14H,3,8,20H2,1-2H3. The van der Waals surface area contributed by atoms with Gasteiger partial charge in [0.2, 0.25) is 0 Å². The Morgan fingerprint density at radius 1 is 1.19 bits per heavy atom. The molecule has 2 aromatic carbocycles. The van der Waals surface area contributed by atoms with Crippen molar-refractivity contribution in [2.75, 3.05) is 0 Å². The van der Waals surface area contributed by atoms with Crippen LogP contribution in [0.2, 0.25) is 0 Å². The van der Waals surface area contributed by atoms with Crippen LogP contribution in [0.4, 0.5) is 4.39 Å². The van der Waals surface area contributed by atoms with Crippen LogP contribution in [0.5, 0.6) is 11.5 Å². The van der Waals surface area contributed by atoms with E-state index in [1.54, 1.807) is 6.07 Å². The van der Waals surface area contributed by atoms with Crippen LogP contribution in [0.1, 0.15) is 24.5 Å². The van der Waals surface area contributed by atoms with Crippen molar-refractivity contribution in [3.05, 3.63) is 57.8 Å². The molecule has 0 saturated heterocycles. The van der Waals surface area contributed by atoms with E-state index < -0.39 is 0 Å². The maximum Gasteiger partial charge on any atom is 0.141 e. The molecule has 0 aliphatic rings.